The van der Waals surface area contributed by atoms with E-state index in [0.717, 1.165) is 56.1 Å². The van der Waals surface area contributed by atoms with Crippen molar-refractivity contribution in [2.75, 3.05) is 13.2 Å². The van der Waals surface area contributed by atoms with Crippen molar-refractivity contribution in [1.29, 1.82) is 0 Å². The van der Waals surface area contributed by atoms with Crippen LogP contribution in [0, 0.1) is 11.8 Å². The number of hydrogen-bond acceptors (Lipinski definition) is 6. The van der Waals surface area contributed by atoms with Crippen molar-refractivity contribution in [2.24, 2.45) is 0 Å². The van der Waals surface area contributed by atoms with Crippen molar-refractivity contribution >= 4 is 17.9 Å². The number of carbonyl (C=O) groups is 3. The zero-order valence-electron chi connectivity index (χ0n) is 27.7. The van der Waals surface area contributed by atoms with Crippen LogP contribution >= 0.6 is 0 Å². The Hall–Kier alpha value is -3.33. The summed E-state index contributed by atoms with van der Waals surface area (Å²) in [5, 5.41) is 0. The summed E-state index contributed by atoms with van der Waals surface area (Å²) in [6, 6.07) is 0. The van der Waals surface area contributed by atoms with E-state index in [-0.39, 0.29) is 19.2 Å². The lowest BCUT2D eigenvalue weighted by molar-refractivity contribution is -0.146. The van der Waals surface area contributed by atoms with E-state index in [1.807, 2.05) is 32.9 Å². The van der Waals surface area contributed by atoms with Gasteiger partial charge in [-0.3, -0.25) is 14.4 Å². The summed E-state index contributed by atoms with van der Waals surface area (Å²) in [6.07, 6.45) is 26.8. The topological polar surface area (TPSA) is 78.9 Å². The molecule has 0 saturated carbocycles. The van der Waals surface area contributed by atoms with Gasteiger partial charge in [0, 0.05) is 32.3 Å². The van der Waals surface area contributed by atoms with E-state index in [9.17, 15) is 14.4 Å². The molecule has 0 aromatic carbocycles. The highest BCUT2D eigenvalue weighted by Gasteiger charge is 2.18. The second kappa shape index (κ2) is 27.5. The fraction of sp³-hybridized carbons (Fsp3) is 0.595. The molecule has 0 spiro atoms. The van der Waals surface area contributed by atoms with Crippen LogP contribution in [0.25, 0.3) is 0 Å². The third-order valence-electron chi connectivity index (χ3n) is 6.35. The molecule has 0 aliphatic heterocycles. The standard InChI is InChI=1S/C37H56O6/c1-7-8-9-10-11-12-13-14-15-16-17-18-19-20-21-25-37(40)41-29-28-35(30-42-33(5)38)36(43-34(6)39)27-26-32(4)24-22-23-31(2)3/h11-12,14-15,23,26,28,36H,7-10,13,16-21,25,27,29-30H2,1-6H3. The molecule has 6 heteroatoms. The van der Waals surface area contributed by atoms with Gasteiger partial charge in [0.2, 0.25) is 0 Å². The van der Waals surface area contributed by atoms with E-state index in [2.05, 4.69) is 43.1 Å². The Morgan fingerprint density at radius 1 is 0.744 bits per heavy atom. The van der Waals surface area contributed by atoms with Crippen molar-refractivity contribution in [2.45, 2.75) is 131 Å². The maximum Gasteiger partial charge on any atom is 0.306 e. The summed E-state index contributed by atoms with van der Waals surface area (Å²) in [4.78, 5) is 35.5. The third-order valence-corrected chi connectivity index (χ3v) is 6.35. The molecule has 0 radical (unpaired) electrons. The van der Waals surface area contributed by atoms with Crippen LogP contribution in [0.4, 0.5) is 0 Å². The first-order valence-electron chi connectivity index (χ1n) is 15.9. The number of carbonyl (C=O) groups excluding carboxylic acids is 3. The molecule has 0 heterocycles. The van der Waals surface area contributed by atoms with Gasteiger partial charge in [0.25, 0.3) is 0 Å². The second-order valence-corrected chi connectivity index (χ2v) is 10.9. The van der Waals surface area contributed by atoms with Crippen LogP contribution < -0.4 is 0 Å². The zero-order valence-corrected chi connectivity index (χ0v) is 27.7. The van der Waals surface area contributed by atoms with Gasteiger partial charge in [-0.1, -0.05) is 86.8 Å². The van der Waals surface area contributed by atoms with E-state index < -0.39 is 18.0 Å². The molecule has 1 unspecified atom stereocenters. The summed E-state index contributed by atoms with van der Waals surface area (Å²) < 4.78 is 16.1. The first kappa shape index (κ1) is 39.7. The van der Waals surface area contributed by atoms with Gasteiger partial charge in [-0.2, -0.15) is 0 Å². The van der Waals surface area contributed by atoms with Crippen molar-refractivity contribution < 1.29 is 28.6 Å². The van der Waals surface area contributed by atoms with E-state index >= 15 is 0 Å². The van der Waals surface area contributed by atoms with Crippen LogP contribution in [0.2, 0.25) is 0 Å². The molecule has 0 aliphatic carbocycles. The normalized spacial score (nSPS) is 12.5. The quantitative estimate of drug-likeness (QED) is 0.0408. The van der Waals surface area contributed by atoms with E-state index in [1.54, 1.807) is 6.08 Å². The summed E-state index contributed by atoms with van der Waals surface area (Å²) in [5.74, 6) is 4.83. The van der Waals surface area contributed by atoms with Crippen molar-refractivity contribution in [3.05, 3.63) is 59.3 Å². The first-order chi connectivity index (χ1) is 20.6. The highest BCUT2D eigenvalue weighted by molar-refractivity contribution is 5.69. The average Bonchev–Trinajstić information content (AvgIpc) is 2.94. The van der Waals surface area contributed by atoms with Crippen LogP contribution in [0.3, 0.4) is 0 Å². The molecule has 0 N–H and O–H groups in total. The molecular weight excluding hydrogens is 540 g/mol. The highest BCUT2D eigenvalue weighted by Crippen LogP contribution is 2.16. The minimum atomic E-state index is -0.669. The molecule has 43 heavy (non-hydrogen) atoms. The second-order valence-electron chi connectivity index (χ2n) is 10.9. The van der Waals surface area contributed by atoms with Gasteiger partial charge in [-0.15, -0.1) is 0 Å². The Balaban J connectivity index is 4.60. The van der Waals surface area contributed by atoms with Crippen molar-refractivity contribution in [1.82, 2.24) is 0 Å². The fourth-order valence-corrected chi connectivity index (χ4v) is 3.97. The summed E-state index contributed by atoms with van der Waals surface area (Å²) in [5.41, 5.74) is 2.48. The SMILES string of the molecule is CCCCCC=CCC=CCCCCCCCC(=O)OCC=C(COC(C)=O)C(CC=C(C)C#CC=C(C)C)OC(C)=O. The Morgan fingerprint density at radius 2 is 1.40 bits per heavy atom. The van der Waals surface area contributed by atoms with Gasteiger partial charge >= 0.3 is 17.9 Å². The molecule has 0 fully saturated rings. The van der Waals surface area contributed by atoms with Crippen LogP contribution in [0.5, 0.6) is 0 Å². The molecule has 0 saturated heterocycles. The van der Waals surface area contributed by atoms with Gasteiger partial charge in [-0.05, 0) is 77.0 Å². The largest absolute Gasteiger partial charge is 0.461 e. The monoisotopic (exact) mass is 596 g/mol. The van der Waals surface area contributed by atoms with E-state index in [0.29, 0.717) is 18.4 Å². The molecule has 6 nitrogen and oxygen atoms in total. The van der Waals surface area contributed by atoms with Crippen molar-refractivity contribution in [3.63, 3.8) is 0 Å². The van der Waals surface area contributed by atoms with Gasteiger partial charge in [-0.25, -0.2) is 0 Å². The maximum absolute atomic E-state index is 12.3. The van der Waals surface area contributed by atoms with Crippen LogP contribution in [0.1, 0.15) is 125 Å². The van der Waals surface area contributed by atoms with Gasteiger partial charge in [0.1, 0.15) is 19.3 Å². The fourth-order valence-electron chi connectivity index (χ4n) is 3.97. The van der Waals surface area contributed by atoms with Gasteiger partial charge < -0.3 is 14.2 Å². The minimum absolute atomic E-state index is 0.0104. The highest BCUT2D eigenvalue weighted by atomic mass is 16.6. The third kappa shape index (κ3) is 27.3. The smallest absolute Gasteiger partial charge is 0.306 e. The maximum atomic E-state index is 12.3. The van der Waals surface area contributed by atoms with Gasteiger partial charge in [0.05, 0.1) is 0 Å². The molecule has 0 aromatic heterocycles. The Bertz CT molecular complexity index is 1010. The Morgan fingerprint density at radius 3 is 2.02 bits per heavy atom. The Labute approximate surface area is 261 Å². The molecule has 0 aromatic rings. The lowest BCUT2D eigenvalue weighted by atomic mass is 10.1. The molecule has 0 aliphatic rings. The van der Waals surface area contributed by atoms with E-state index in [4.69, 9.17) is 14.2 Å². The lowest BCUT2D eigenvalue weighted by Crippen LogP contribution is -2.23. The molecule has 240 valence electrons. The average molecular weight is 597 g/mol. The lowest BCUT2D eigenvalue weighted by Gasteiger charge is -2.19. The van der Waals surface area contributed by atoms with Crippen LogP contribution in [-0.2, 0) is 28.6 Å². The van der Waals surface area contributed by atoms with Crippen LogP contribution in [-0.4, -0.2) is 37.2 Å². The molecule has 0 rings (SSSR count). The summed E-state index contributed by atoms with van der Waals surface area (Å²) in [7, 11) is 0. The minimum Gasteiger partial charge on any atom is -0.461 e. The predicted octanol–water partition coefficient (Wildman–Crippen LogP) is 9.07. The number of hydrogen-bond donors (Lipinski definition) is 0. The molecule has 0 amide bonds. The van der Waals surface area contributed by atoms with E-state index in [1.165, 1.54) is 39.5 Å². The number of unbranched alkanes of at least 4 members (excludes halogenated alkanes) is 8. The predicted molar refractivity (Wildman–Crippen MR) is 176 cm³/mol. The molecular formula is C37H56O6. The number of esters is 3. The number of allylic oxidation sites excluding steroid dienone is 7. The molecule has 0 bridgehead atoms. The van der Waals surface area contributed by atoms with Crippen LogP contribution in [0.15, 0.2) is 59.3 Å². The first-order valence-corrected chi connectivity index (χ1v) is 15.9. The van der Waals surface area contributed by atoms with Crippen molar-refractivity contribution in [3.8, 4) is 11.8 Å². The molecule has 1 atom stereocenters. The number of ether oxygens (including phenoxy) is 3. The summed E-state index contributed by atoms with van der Waals surface area (Å²) >= 11 is 0. The summed E-state index contributed by atoms with van der Waals surface area (Å²) in [6.45, 7) is 10.6. The zero-order chi connectivity index (χ0) is 32.1. The Kier molecular flexibility index (Phi) is 25.4. The van der Waals surface area contributed by atoms with Gasteiger partial charge in [0.15, 0.2) is 0 Å². The number of rotatable bonds is 22.